The van der Waals surface area contributed by atoms with Gasteiger partial charge in [0, 0.05) is 65.6 Å². The largest absolute Gasteiger partial charge is 0.381 e. The Bertz CT molecular complexity index is 1210. The van der Waals surface area contributed by atoms with Crippen LogP contribution in [-0.2, 0) is 26.4 Å². The number of rotatable bonds is 0. The molecule has 1 aliphatic rings. The van der Waals surface area contributed by atoms with Crippen LogP contribution in [0.2, 0.25) is 0 Å². The van der Waals surface area contributed by atoms with Crippen LogP contribution < -0.4 is 0 Å². The molecule has 9 heteroatoms. The van der Waals surface area contributed by atoms with Gasteiger partial charge in [-0.1, -0.05) is 104 Å². The minimum atomic E-state index is 0.0307. The van der Waals surface area contributed by atoms with E-state index < -0.39 is 0 Å². The molecule has 0 aliphatic carbocycles. The van der Waals surface area contributed by atoms with Gasteiger partial charge in [0.05, 0.1) is 0 Å². The zero-order valence-corrected chi connectivity index (χ0v) is 33.8. The summed E-state index contributed by atoms with van der Waals surface area (Å²) in [7, 11) is 0. The molecule has 4 aromatic heterocycles. The molecule has 0 spiro atoms. The molecular weight excluding hydrogens is 621 g/mol. The third-order valence-corrected chi connectivity index (χ3v) is 7.86. The highest BCUT2D eigenvalue weighted by Crippen LogP contribution is 2.33. The number of ether oxygens (including phenoxy) is 1. The van der Waals surface area contributed by atoms with Gasteiger partial charge in [-0.25, -0.2) is 34.9 Å². The maximum Gasteiger partial charge on any atom is 0.137 e. The zero-order chi connectivity index (χ0) is 38.1. The highest BCUT2D eigenvalue weighted by molar-refractivity contribution is 5.18. The average Bonchev–Trinajstić information content (AvgIpc) is 3.06. The average molecular weight is 687 g/mol. The quantitative estimate of drug-likeness (QED) is 0.178. The van der Waals surface area contributed by atoms with Gasteiger partial charge in [-0.3, -0.25) is 4.98 Å². The zero-order valence-electron chi connectivity index (χ0n) is 33.8. The minimum absolute atomic E-state index is 0.0307. The van der Waals surface area contributed by atoms with E-state index in [4.69, 9.17) is 4.74 Å². The van der Waals surface area contributed by atoms with E-state index in [9.17, 15) is 0 Å². The molecule has 1 fully saturated rings. The molecule has 0 bridgehead atoms. The molecule has 0 N–H and O–H groups in total. The summed E-state index contributed by atoms with van der Waals surface area (Å²) in [6.45, 7) is 34.5. The Morgan fingerprint density at radius 2 is 0.860 bits per heavy atom. The van der Waals surface area contributed by atoms with Crippen molar-refractivity contribution in [1.82, 2.24) is 39.9 Å². The van der Waals surface area contributed by atoms with Crippen molar-refractivity contribution in [3.8, 4) is 0 Å². The number of hydrogen-bond donors (Lipinski definition) is 0. The maximum absolute atomic E-state index is 5.29. The molecule has 0 saturated carbocycles. The van der Waals surface area contributed by atoms with Crippen LogP contribution in [-0.4, -0.2) is 53.1 Å². The van der Waals surface area contributed by atoms with Crippen LogP contribution in [0.1, 0.15) is 139 Å². The Balaban J connectivity index is 0.000000312. The Kier molecular flexibility index (Phi) is 17.9. The second-order valence-electron chi connectivity index (χ2n) is 17.6. The summed E-state index contributed by atoms with van der Waals surface area (Å²) in [5.41, 5.74) is 4.56. The van der Waals surface area contributed by atoms with Crippen molar-refractivity contribution >= 4 is 0 Å². The first-order valence-corrected chi connectivity index (χ1v) is 17.7. The molecule has 0 radical (unpaired) electrons. The fourth-order valence-electron chi connectivity index (χ4n) is 4.51. The predicted octanol–water partition coefficient (Wildman–Crippen LogP) is 9.56. The van der Waals surface area contributed by atoms with E-state index in [1.807, 2.05) is 24.5 Å². The maximum atomic E-state index is 5.29. The van der Waals surface area contributed by atoms with E-state index >= 15 is 0 Å². The van der Waals surface area contributed by atoms with E-state index in [0.29, 0.717) is 5.41 Å². The standard InChI is InChI=1S/C9H13N.C9H18O.2C8H12N2.C7H11N3/c2*1-9(2,3)8-4-6-10-7-5-8;2*1-8(2,3)7-4-5-9-6-10-7;1-7(2,3)6-9-4-8-5-10-6/h4-7H,1-3H3;8H,4-7H2,1-3H3;2*4-6H,1-3H3;4-5H,1-3H3. The van der Waals surface area contributed by atoms with Crippen LogP contribution >= 0.6 is 0 Å². The molecule has 0 amide bonds. The Labute approximate surface area is 304 Å². The van der Waals surface area contributed by atoms with E-state index in [0.717, 1.165) is 36.3 Å². The van der Waals surface area contributed by atoms with Crippen LogP contribution in [0.5, 0.6) is 0 Å². The summed E-state index contributed by atoms with van der Waals surface area (Å²) >= 11 is 0. The van der Waals surface area contributed by atoms with Crippen molar-refractivity contribution in [1.29, 1.82) is 0 Å². The minimum Gasteiger partial charge on any atom is -0.381 e. The summed E-state index contributed by atoms with van der Waals surface area (Å²) in [5, 5.41) is 0. The van der Waals surface area contributed by atoms with Gasteiger partial charge in [0.2, 0.25) is 0 Å². The van der Waals surface area contributed by atoms with Crippen LogP contribution in [0, 0.1) is 11.3 Å². The molecule has 5 rings (SSSR count). The number of hydrogen-bond acceptors (Lipinski definition) is 9. The highest BCUT2D eigenvalue weighted by Gasteiger charge is 2.26. The molecule has 9 nitrogen and oxygen atoms in total. The van der Waals surface area contributed by atoms with E-state index in [2.05, 4.69) is 156 Å². The van der Waals surface area contributed by atoms with Crippen molar-refractivity contribution in [3.05, 3.63) is 97.1 Å². The van der Waals surface area contributed by atoms with E-state index in [1.54, 1.807) is 25.0 Å². The van der Waals surface area contributed by atoms with Gasteiger partial charge >= 0.3 is 0 Å². The molecular formula is C41H66N8O. The van der Waals surface area contributed by atoms with Crippen molar-refractivity contribution < 1.29 is 4.74 Å². The SMILES string of the molecule is CC(C)(C)C1CCOCC1.CC(C)(C)c1ccncc1.CC(C)(C)c1ccncn1.CC(C)(C)c1ccncn1.CC(C)(C)c1ncncn1. The molecule has 276 valence electrons. The van der Waals surface area contributed by atoms with Gasteiger partial charge in [-0.05, 0) is 59.4 Å². The fraction of sp³-hybridized carbons (Fsp3) is 0.610. The molecule has 50 heavy (non-hydrogen) atoms. The van der Waals surface area contributed by atoms with Gasteiger partial charge in [-0.15, -0.1) is 0 Å². The summed E-state index contributed by atoms with van der Waals surface area (Å²) < 4.78 is 5.29. The molecule has 1 saturated heterocycles. The summed E-state index contributed by atoms with van der Waals surface area (Å²) in [5.74, 6) is 1.71. The molecule has 0 unspecified atom stereocenters. The van der Waals surface area contributed by atoms with Crippen LogP contribution in [0.15, 0.2) is 74.4 Å². The van der Waals surface area contributed by atoms with Crippen LogP contribution in [0.4, 0.5) is 0 Å². The lowest BCUT2D eigenvalue weighted by atomic mass is 9.76. The summed E-state index contributed by atoms with van der Waals surface area (Å²) in [6, 6.07) is 8.00. The van der Waals surface area contributed by atoms with E-state index in [1.165, 1.54) is 31.1 Å². The fourth-order valence-corrected chi connectivity index (χ4v) is 4.51. The normalized spacial score (nSPS) is 13.8. The number of nitrogens with zero attached hydrogens (tertiary/aromatic N) is 8. The monoisotopic (exact) mass is 687 g/mol. The van der Waals surface area contributed by atoms with Crippen molar-refractivity contribution in [3.63, 3.8) is 0 Å². The molecule has 5 heterocycles. The lowest BCUT2D eigenvalue weighted by Gasteiger charge is -2.33. The Morgan fingerprint density at radius 1 is 0.460 bits per heavy atom. The smallest absolute Gasteiger partial charge is 0.137 e. The lowest BCUT2D eigenvalue weighted by molar-refractivity contribution is 0.0286. The first-order valence-electron chi connectivity index (χ1n) is 17.7. The first-order chi connectivity index (χ1) is 23.0. The van der Waals surface area contributed by atoms with Crippen molar-refractivity contribution in [2.75, 3.05) is 13.2 Å². The van der Waals surface area contributed by atoms with Gasteiger partial charge in [-0.2, -0.15) is 0 Å². The molecule has 0 aromatic carbocycles. The van der Waals surface area contributed by atoms with Gasteiger partial charge in [0.25, 0.3) is 0 Å². The Hall–Kier alpha value is -3.72. The predicted molar refractivity (Wildman–Crippen MR) is 206 cm³/mol. The third kappa shape index (κ3) is 18.9. The number of aromatic nitrogens is 8. The van der Waals surface area contributed by atoms with Gasteiger partial charge in [0.1, 0.15) is 31.1 Å². The molecule has 0 atom stereocenters. The van der Waals surface area contributed by atoms with Crippen molar-refractivity contribution in [2.24, 2.45) is 11.3 Å². The second-order valence-corrected chi connectivity index (χ2v) is 17.6. The lowest BCUT2D eigenvalue weighted by Crippen LogP contribution is -2.27. The topological polar surface area (TPSA) is 112 Å². The molecule has 4 aromatic rings. The highest BCUT2D eigenvalue weighted by atomic mass is 16.5. The van der Waals surface area contributed by atoms with E-state index in [-0.39, 0.29) is 21.7 Å². The van der Waals surface area contributed by atoms with Crippen molar-refractivity contribution in [2.45, 2.75) is 138 Å². The van der Waals surface area contributed by atoms with Crippen LogP contribution in [0.25, 0.3) is 0 Å². The second kappa shape index (κ2) is 20.2. The summed E-state index contributed by atoms with van der Waals surface area (Å²) in [6.07, 6.45) is 15.9. The molecule has 1 aliphatic heterocycles. The number of pyridine rings is 1. The van der Waals surface area contributed by atoms with Gasteiger partial charge in [0.15, 0.2) is 0 Å². The summed E-state index contributed by atoms with van der Waals surface area (Å²) in [4.78, 5) is 31.7. The third-order valence-electron chi connectivity index (χ3n) is 7.86. The Morgan fingerprint density at radius 3 is 1.10 bits per heavy atom. The van der Waals surface area contributed by atoms with Gasteiger partial charge < -0.3 is 4.74 Å². The first kappa shape index (κ1) is 44.3. The van der Waals surface area contributed by atoms with Crippen LogP contribution in [0.3, 0.4) is 0 Å².